The molecule has 0 aliphatic heterocycles. The summed E-state index contributed by atoms with van der Waals surface area (Å²) in [6.45, 7) is -0.0296. The van der Waals surface area contributed by atoms with Crippen LogP contribution in [0.3, 0.4) is 0 Å². The Kier molecular flexibility index (Phi) is 6.44. The molecule has 1 aromatic carbocycles. The van der Waals surface area contributed by atoms with Gasteiger partial charge in [0.1, 0.15) is 12.3 Å². The summed E-state index contributed by atoms with van der Waals surface area (Å²) in [5, 5.41) is 14.5. The van der Waals surface area contributed by atoms with Gasteiger partial charge in [0.05, 0.1) is 24.7 Å². The van der Waals surface area contributed by atoms with Crippen LogP contribution in [0.5, 0.6) is 5.75 Å². The second kappa shape index (κ2) is 8.55. The third kappa shape index (κ3) is 4.39. The van der Waals surface area contributed by atoms with Crippen molar-refractivity contribution in [1.29, 1.82) is 5.26 Å². The molecule has 2 amide bonds. The molecule has 24 heavy (non-hydrogen) atoms. The van der Waals surface area contributed by atoms with E-state index in [1.54, 1.807) is 18.2 Å². The zero-order valence-electron chi connectivity index (χ0n) is 13.5. The van der Waals surface area contributed by atoms with Gasteiger partial charge in [0.2, 0.25) is 5.91 Å². The summed E-state index contributed by atoms with van der Waals surface area (Å²) in [4.78, 5) is 24.8. The first kappa shape index (κ1) is 18.1. The largest absolute Gasteiger partial charge is 0.496 e. The third-order valence-corrected chi connectivity index (χ3v) is 4.40. The van der Waals surface area contributed by atoms with Crippen LogP contribution in [0, 0.1) is 17.2 Å². The van der Waals surface area contributed by atoms with Gasteiger partial charge in [-0.05, 0) is 31.0 Å². The molecule has 0 aromatic heterocycles. The molecule has 0 radical (unpaired) electrons. The first-order valence-electron chi connectivity index (χ1n) is 7.86. The fourth-order valence-corrected chi connectivity index (χ4v) is 3.15. The Bertz CT molecular complexity index is 657. The fourth-order valence-electron chi connectivity index (χ4n) is 2.98. The van der Waals surface area contributed by atoms with Gasteiger partial charge in [0, 0.05) is 11.1 Å². The first-order chi connectivity index (χ1) is 11.6. The number of rotatable bonds is 5. The van der Waals surface area contributed by atoms with Gasteiger partial charge >= 0.3 is 0 Å². The van der Waals surface area contributed by atoms with Gasteiger partial charge in [-0.3, -0.25) is 9.59 Å². The molecule has 2 N–H and O–H groups in total. The van der Waals surface area contributed by atoms with Crippen LogP contribution in [-0.2, 0) is 4.79 Å². The Balaban J connectivity index is 2.12. The van der Waals surface area contributed by atoms with Gasteiger partial charge in [0.15, 0.2) is 0 Å². The summed E-state index contributed by atoms with van der Waals surface area (Å²) in [7, 11) is 1.48. The molecule has 1 saturated carbocycles. The van der Waals surface area contributed by atoms with Gasteiger partial charge in [-0.2, -0.15) is 5.26 Å². The van der Waals surface area contributed by atoms with E-state index in [9.17, 15) is 9.59 Å². The van der Waals surface area contributed by atoms with Gasteiger partial charge in [-0.15, -0.1) is 0 Å². The number of nitrogens with zero attached hydrogens (tertiary/aromatic N) is 1. The van der Waals surface area contributed by atoms with Crippen molar-refractivity contribution in [2.24, 2.45) is 5.92 Å². The number of carbonyl (C=O) groups is 2. The second-order valence-corrected chi connectivity index (χ2v) is 6.13. The minimum absolute atomic E-state index is 0.0296. The highest BCUT2D eigenvalue weighted by molar-refractivity contribution is 6.31. The Morgan fingerprint density at radius 1 is 1.38 bits per heavy atom. The van der Waals surface area contributed by atoms with Crippen molar-refractivity contribution in [2.45, 2.75) is 31.7 Å². The number of carbonyl (C=O) groups excluding carboxylic acids is 2. The average Bonchev–Trinajstić information content (AvgIpc) is 2.60. The van der Waals surface area contributed by atoms with Crippen LogP contribution < -0.4 is 15.4 Å². The summed E-state index contributed by atoms with van der Waals surface area (Å²) >= 11 is 5.97. The quantitative estimate of drug-likeness (QED) is 0.798. The van der Waals surface area contributed by atoms with Gasteiger partial charge in [-0.1, -0.05) is 24.4 Å². The molecular formula is C17H20ClN3O3. The smallest absolute Gasteiger partial charge is 0.255 e. The second-order valence-electron chi connectivity index (χ2n) is 5.69. The number of nitrogens with one attached hydrogen (secondary N) is 2. The number of nitriles is 1. The zero-order chi connectivity index (χ0) is 17.5. The lowest BCUT2D eigenvalue weighted by atomic mass is 9.83. The molecular weight excluding hydrogens is 330 g/mol. The summed E-state index contributed by atoms with van der Waals surface area (Å²) in [6, 6.07) is 6.45. The Morgan fingerprint density at radius 3 is 2.83 bits per heavy atom. The zero-order valence-corrected chi connectivity index (χ0v) is 14.2. The Hall–Kier alpha value is -2.26. The predicted molar refractivity (Wildman–Crippen MR) is 89.8 cm³/mol. The molecule has 1 aliphatic rings. The van der Waals surface area contributed by atoms with Crippen LogP contribution in [0.25, 0.3) is 0 Å². The topological polar surface area (TPSA) is 91.2 Å². The highest BCUT2D eigenvalue weighted by Gasteiger charge is 2.32. The highest BCUT2D eigenvalue weighted by Crippen LogP contribution is 2.27. The standard InChI is InChI=1S/C17H20ClN3O3/c1-24-15-7-6-11(18)10-13(15)17(23)21-14-5-3-2-4-12(14)16(22)20-9-8-19/h6-7,10,12,14H,2-5,9H2,1H3,(H,20,22)(H,21,23). The number of hydrogen-bond donors (Lipinski definition) is 2. The minimum atomic E-state index is -0.332. The number of ether oxygens (including phenoxy) is 1. The van der Waals surface area contributed by atoms with E-state index in [4.69, 9.17) is 21.6 Å². The molecule has 2 atom stereocenters. The summed E-state index contributed by atoms with van der Waals surface area (Å²) in [5.41, 5.74) is 0.340. The van der Waals surface area contributed by atoms with Crippen molar-refractivity contribution >= 4 is 23.4 Å². The van der Waals surface area contributed by atoms with E-state index in [-0.39, 0.29) is 30.3 Å². The number of methoxy groups -OCH3 is 1. The van der Waals surface area contributed by atoms with Crippen molar-refractivity contribution < 1.29 is 14.3 Å². The molecule has 1 fully saturated rings. The molecule has 7 heteroatoms. The molecule has 0 heterocycles. The lowest BCUT2D eigenvalue weighted by Gasteiger charge is -2.31. The summed E-state index contributed by atoms with van der Waals surface area (Å²) in [5.74, 6) is -0.418. The lowest BCUT2D eigenvalue weighted by molar-refractivity contribution is -0.126. The van der Waals surface area contributed by atoms with E-state index < -0.39 is 0 Å². The number of hydrogen-bond acceptors (Lipinski definition) is 4. The fraction of sp³-hybridized carbons (Fsp3) is 0.471. The van der Waals surface area contributed by atoms with Crippen LogP contribution in [0.15, 0.2) is 18.2 Å². The van der Waals surface area contributed by atoms with Crippen molar-refractivity contribution in [2.75, 3.05) is 13.7 Å². The molecule has 6 nitrogen and oxygen atoms in total. The van der Waals surface area contributed by atoms with E-state index in [1.165, 1.54) is 7.11 Å². The van der Waals surface area contributed by atoms with E-state index in [2.05, 4.69) is 10.6 Å². The minimum Gasteiger partial charge on any atom is -0.496 e. The molecule has 128 valence electrons. The molecule has 2 rings (SSSR count). The van der Waals surface area contributed by atoms with Gasteiger partial charge < -0.3 is 15.4 Å². The van der Waals surface area contributed by atoms with E-state index in [1.807, 2.05) is 6.07 Å². The van der Waals surface area contributed by atoms with Crippen LogP contribution >= 0.6 is 11.6 Å². The van der Waals surface area contributed by atoms with E-state index in [0.29, 0.717) is 22.8 Å². The van der Waals surface area contributed by atoms with Crippen LogP contribution in [0.1, 0.15) is 36.0 Å². The number of amides is 2. The molecule has 0 bridgehead atoms. The Morgan fingerprint density at radius 2 is 2.12 bits per heavy atom. The third-order valence-electron chi connectivity index (χ3n) is 4.17. The van der Waals surface area contributed by atoms with Crippen molar-refractivity contribution in [3.05, 3.63) is 28.8 Å². The van der Waals surface area contributed by atoms with Crippen molar-refractivity contribution in [1.82, 2.24) is 10.6 Å². The maximum atomic E-state index is 12.6. The molecule has 1 aromatic rings. The Labute approximate surface area is 146 Å². The predicted octanol–water partition coefficient (Wildman–Crippen LogP) is 2.28. The lowest BCUT2D eigenvalue weighted by Crippen LogP contribution is -2.48. The van der Waals surface area contributed by atoms with Crippen LogP contribution in [0.4, 0.5) is 0 Å². The molecule has 0 saturated heterocycles. The normalized spacial score (nSPS) is 19.9. The maximum Gasteiger partial charge on any atom is 0.255 e. The van der Waals surface area contributed by atoms with Crippen LogP contribution in [0.2, 0.25) is 5.02 Å². The summed E-state index contributed by atoms with van der Waals surface area (Å²) in [6.07, 6.45) is 3.28. The van der Waals surface area contributed by atoms with Crippen molar-refractivity contribution in [3.63, 3.8) is 0 Å². The molecule has 2 unspecified atom stereocenters. The highest BCUT2D eigenvalue weighted by atomic mass is 35.5. The first-order valence-corrected chi connectivity index (χ1v) is 8.23. The van der Waals surface area contributed by atoms with Crippen molar-refractivity contribution in [3.8, 4) is 11.8 Å². The monoisotopic (exact) mass is 349 g/mol. The van der Waals surface area contributed by atoms with Crippen LogP contribution in [-0.4, -0.2) is 31.5 Å². The maximum absolute atomic E-state index is 12.6. The van der Waals surface area contributed by atoms with E-state index >= 15 is 0 Å². The average molecular weight is 350 g/mol. The summed E-state index contributed by atoms with van der Waals surface area (Å²) < 4.78 is 5.20. The SMILES string of the molecule is COc1ccc(Cl)cc1C(=O)NC1CCCCC1C(=O)NCC#N. The van der Waals surface area contributed by atoms with E-state index in [0.717, 1.165) is 19.3 Å². The molecule has 1 aliphatic carbocycles. The van der Waals surface area contributed by atoms with Gasteiger partial charge in [-0.25, -0.2) is 0 Å². The van der Waals surface area contributed by atoms with Gasteiger partial charge in [0.25, 0.3) is 5.91 Å². The number of halogens is 1. The number of benzene rings is 1. The molecule has 0 spiro atoms.